The minimum absolute atomic E-state index is 0.529. The van der Waals surface area contributed by atoms with Gasteiger partial charge in [0.2, 0.25) is 0 Å². The quantitative estimate of drug-likeness (QED) is 0.522. The molecule has 3 fully saturated rings. The van der Waals surface area contributed by atoms with Gasteiger partial charge in [-0.2, -0.15) is 0 Å². The summed E-state index contributed by atoms with van der Waals surface area (Å²) < 4.78 is 19.5. The average molecular weight is 215 g/mol. The smallest absolute Gasteiger partial charge is 0.270 e. The lowest BCUT2D eigenvalue weighted by Crippen LogP contribution is -2.15. The molecule has 0 aromatic carbocycles. The van der Waals surface area contributed by atoms with E-state index in [1.165, 1.54) is 0 Å². The van der Waals surface area contributed by atoms with Crippen molar-refractivity contribution in [2.24, 2.45) is 0 Å². The first-order chi connectivity index (χ1) is 6.55. The Morgan fingerprint density at radius 3 is 1.21 bits per heavy atom. The van der Waals surface area contributed by atoms with Crippen molar-refractivity contribution < 1.29 is 4.57 Å². The molecule has 0 aromatic rings. The van der Waals surface area contributed by atoms with Gasteiger partial charge in [0.1, 0.15) is 0 Å². The Labute approximate surface area is 85.4 Å². The first-order valence-electron chi connectivity index (χ1n) is 5.46. The highest BCUT2D eigenvalue weighted by molar-refractivity contribution is 7.57. The summed E-state index contributed by atoms with van der Waals surface area (Å²) in [6.45, 7) is 9.54. The summed E-state index contributed by atoms with van der Waals surface area (Å²) in [4.78, 5) is 0. The van der Waals surface area contributed by atoms with Crippen molar-refractivity contribution in [3.63, 3.8) is 0 Å². The number of hydrogen-bond donors (Lipinski definition) is 0. The van der Waals surface area contributed by atoms with E-state index in [0.717, 1.165) is 19.6 Å². The molecule has 5 heteroatoms. The van der Waals surface area contributed by atoms with E-state index in [-0.39, 0.29) is 0 Å². The van der Waals surface area contributed by atoms with Gasteiger partial charge in [0.05, 0.1) is 0 Å². The minimum atomic E-state index is -2.27. The molecule has 3 unspecified atom stereocenters. The molecule has 3 heterocycles. The summed E-state index contributed by atoms with van der Waals surface area (Å²) in [5.41, 5.74) is 0. The van der Waals surface area contributed by atoms with Gasteiger partial charge in [0, 0.05) is 37.8 Å². The standard InChI is InChI=1S/C9H18N3OP/c1-7-4-10(7)14(13,11-5-8(11)2)12-6-9(12)3/h7-9H,4-6H2,1-3H3/t7-,8-,9+,10?,11?,12?,14?/m0/s1. The molecule has 0 radical (unpaired) electrons. The van der Waals surface area contributed by atoms with Crippen LogP contribution in [0.4, 0.5) is 0 Å². The van der Waals surface area contributed by atoms with Crippen molar-refractivity contribution in [1.29, 1.82) is 0 Å². The molecule has 14 heavy (non-hydrogen) atoms. The number of nitrogens with zero attached hydrogens (tertiary/aromatic N) is 3. The van der Waals surface area contributed by atoms with Gasteiger partial charge in [-0.15, -0.1) is 0 Å². The van der Waals surface area contributed by atoms with Crippen LogP contribution in [0.15, 0.2) is 0 Å². The van der Waals surface area contributed by atoms with E-state index < -0.39 is 7.59 Å². The largest absolute Gasteiger partial charge is 0.287 e. The second-order valence-corrected chi connectivity index (χ2v) is 7.49. The van der Waals surface area contributed by atoms with Crippen LogP contribution in [-0.2, 0) is 4.57 Å². The maximum absolute atomic E-state index is 12.9. The lowest BCUT2D eigenvalue weighted by atomic mass is 10.6. The molecule has 3 rings (SSSR count). The van der Waals surface area contributed by atoms with Gasteiger partial charge in [0.25, 0.3) is 7.59 Å². The van der Waals surface area contributed by atoms with Crippen LogP contribution in [0.1, 0.15) is 20.8 Å². The van der Waals surface area contributed by atoms with Crippen molar-refractivity contribution in [2.45, 2.75) is 38.9 Å². The maximum atomic E-state index is 12.9. The van der Waals surface area contributed by atoms with Crippen molar-refractivity contribution >= 4 is 7.59 Å². The molecule has 0 N–H and O–H groups in total. The molecule has 0 spiro atoms. The molecule has 0 aliphatic carbocycles. The van der Waals surface area contributed by atoms with Gasteiger partial charge in [-0.05, 0) is 20.8 Å². The molecular weight excluding hydrogens is 197 g/mol. The molecule has 3 saturated heterocycles. The van der Waals surface area contributed by atoms with Crippen molar-refractivity contribution in [1.82, 2.24) is 14.0 Å². The third-order valence-corrected chi connectivity index (χ3v) is 7.16. The van der Waals surface area contributed by atoms with E-state index in [1.54, 1.807) is 0 Å². The molecule has 0 amide bonds. The minimum Gasteiger partial charge on any atom is -0.270 e. The van der Waals surface area contributed by atoms with E-state index in [0.29, 0.717) is 18.1 Å². The zero-order chi connectivity index (χ0) is 10.1. The summed E-state index contributed by atoms with van der Waals surface area (Å²) in [5.74, 6) is 0. The van der Waals surface area contributed by atoms with Crippen LogP contribution in [0, 0.1) is 0 Å². The fourth-order valence-electron chi connectivity index (χ4n) is 2.20. The fraction of sp³-hybridized carbons (Fsp3) is 1.00. The molecule has 3 aliphatic rings. The summed E-state index contributed by atoms with van der Waals surface area (Å²) in [6, 6.07) is 1.59. The Bertz CT molecular complexity index is 274. The van der Waals surface area contributed by atoms with Crippen LogP contribution in [-0.4, -0.2) is 51.8 Å². The first kappa shape index (κ1) is 9.34. The van der Waals surface area contributed by atoms with Crippen LogP contribution in [0.3, 0.4) is 0 Å². The molecule has 6 atom stereocenters. The van der Waals surface area contributed by atoms with Gasteiger partial charge in [0.15, 0.2) is 0 Å². The van der Waals surface area contributed by atoms with E-state index in [4.69, 9.17) is 0 Å². The topological polar surface area (TPSA) is 26.1 Å². The Balaban J connectivity index is 1.84. The Morgan fingerprint density at radius 1 is 0.857 bits per heavy atom. The number of hydrogen-bond acceptors (Lipinski definition) is 1. The summed E-state index contributed by atoms with van der Waals surface area (Å²) in [7, 11) is -2.27. The summed E-state index contributed by atoms with van der Waals surface area (Å²) >= 11 is 0. The Morgan fingerprint density at radius 2 is 1.07 bits per heavy atom. The third kappa shape index (κ3) is 1.15. The molecular formula is C9H18N3OP. The summed E-state index contributed by atoms with van der Waals surface area (Å²) in [5, 5.41) is 0. The molecule has 3 aliphatic heterocycles. The second kappa shape index (κ2) is 2.62. The second-order valence-electron chi connectivity index (χ2n) is 4.93. The van der Waals surface area contributed by atoms with Crippen molar-refractivity contribution in [2.75, 3.05) is 19.6 Å². The van der Waals surface area contributed by atoms with Gasteiger partial charge < -0.3 is 0 Å². The molecule has 0 saturated carbocycles. The van der Waals surface area contributed by atoms with E-state index in [1.807, 2.05) is 0 Å². The van der Waals surface area contributed by atoms with Crippen molar-refractivity contribution in [3.8, 4) is 0 Å². The van der Waals surface area contributed by atoms with E-state index in [2.05, 4.69) is 34.8 Å². The van der Waals surface area contributed by atoms with Crippen LogP contribution < -0.4 is 0 Å². The molecule has 80 valence electrons. The third-order valence-electron chi connectivity index (χ3n) is 3.48. The predicted molar refractivity (Wildman–Crippen MR) is 56.1 cm³/mol. The fourth-order valence-corrected chi connectivity index (χ4v) is 5.98. The Hall–Kier alpha value is 0.110. The monoisotopic (exact) mass is 215 g/mol. The SMILES string of the molecule is C[C@@H]1CN1P(=O)(N1C[C@@H]1C)N1C[C@@H]1C. The van der Waals surface area contributed by atoms with Crippen LogP contribution in [0.2, 0.25) is 0 Å². The average Bonchev–Trinajstić information content (AvgIpc) is 2.91. The van der Waals surface area contributed by atoms with Gasteiger partial charge in [-0.25, -0.2) is 14.0 Å². The zero-order valence-electron chi connectivity index (χ0n) is 9.05. The Kier molecular flexibility index (Phi) is 1.75. The highest BCUT2D eigenvalue weighted by Crippen LogP contribution is 2.69. The first-order valence-corrected chi connectivity index (χ1v) is 7.03. The summed E-state index contributed by atoms with van der Waals surface area (Å²) in [6.07, 6.45) is 0. The normalized spacial score (nSPS) is 59.1. The van der Waals surface area contributed by atoms with Crippen LogP contribution in [0.25, 0.3) is 0 Å². The highest BCUT2D eigenvalue weighted by atomic mass is 31.2. The van der Waals surface area contributed by atoms with Crippen molar-refractivity contribution in [3.05, 3.63) is 0 Å². The van der Waals surface area contributed by atoms with Gasteiger partial charge >= 0.3 is 0 Å². The molecule has 0 aromatic heterocycles. The van der Waals surface area contributed by atoms with E-state index in [9.17, 15) is 4.57 Å². The lowest BCUT2D eigenvalue weighted by molar-refractivity contribution is 0.462. The number of rotatable bonds is 3. The van der Waals surface area contributed by atoms with Gasteiger partial charge in [-0.3, -0.25) is 4.57 Å². The van der Waals surface area contributed by atoms with Crippen LogP contribution >= 0.6 is 7.59 Å². The van der Waals surface area contributed by atoms with E-state index >= 15 is 0 Å². The highest BCUT2D eigenvalue weighted by Gasteiger charge is 2.62. The van der Waals surface area contributed by atoms with Crippen LogP contribution in [0.5, 0.6) is 0 Å². The predicted octanol–water partition coefficient (Wildman–Crippen LogP) is 1.21. The maximum Gasteiger partial charge on any atom is 0.287 e. The molecule has 0 bridgehead atoms. The van der Waals surface area contributed by atoms with Gasteiger partial charge in [-0.1, -0.05) is 0 Å². The molecule has 4 nitrogen and oxygen atoms in total. The zero-order valence-corrected chi connectivity index (χ0v) is 9.94. The lowest BCUT2D eigenvalue weighted by Gasteiger charge is -2.22.